The van der Waals surface area contributed by atoms with Crippen molar-refractivity contribution in [3.63, 3.8) is 0 Å². The van der Waals surface area contributed by atoms with Crippen LogP contribution in [0.4, 0.5) is 5.69 Å². The monoisotopic (exact) mass is 327 g/mol. The van der Waals surface area contributed by atoms with Crippen molar-refractivity contribution in [2.75, 3.05) is 12.4 Å². The molecule has 0 spiro atoms. The van der Waals surface area contributed by atoms with Gasteiger partial charge in [-0.2, -0.15) is 0 Å². The largest absolute Gasteiger partial charge is 0.497 e. The second kappa shape index (κ2) is 8.15. The van der Waals surface area contributed by atoms with Gasteiger partial charge in [0.15, 0.2) is 0 Å². The summed E-state index contributed by atoms with van der Waals surface area (Å²) in [6.45, 7) is 1.95. The van der Waals surface area contributed by atoms with E-state index in [1.165, 1.54) is 0 Å². The zero-order valence-electron chi connectivity index (χ0n) is 13.8. The van der Waals surface area contributed by atoms with Gasteiger partial charge in [0, 0.05) is 12.1 Å². The van der Waals surface area contributed by atoms with E-state index >= 15 is 0 Å². The number of hydrogen-bond donors (Lipinski definition) is 2. The summed E-state index contributed by atoms with van der Waals surface area (Å²) in [6, 6.07) is 14.6. The van der Waals surface area contributed by atoms with Crippen molar-refractivity contribution >= 4 is 17.6 Å². The number of carbonyl (C=O) groups excluding carboxylic acids is 1. The third kappa shape index (κ3) is 5.12. The topological polar surface area (TPSA) is 75.6 Å². The number of carbonyl (C=O) groups is 2. The molecule has 0 heterocycles. The Labute approximate surface area is 141 Å². The Morgan fingerprint density at radius 3 is 2.46 bits per heavy atom. The van der Waals surface area contributed by atoms with E-state index in [1.54, 1.807) is 31.4 Å². The van der Waals surface area contributed by atoms with Crippen LogP contribution in [0.5, 0.6) is 5.75 Å². The van der Waals surface area contributed by atoms with Crippen molar-refractivity contribution in [1.82, 2.24) is 0 Å². The van der Waals surface area contributed by atoms with E-state index in [2.05, 4.69) is 5.32 Å². The first-order valence-corrected chi connectivity index (χ1v) is 7.70. The quantitative estimate of drug-likeness (QED) is 0.818. The lowest BCUT2D eigenvalue weighted by molar-refractivity contribution is -0.143. The highest BCUT2D eigenvalue weighted by molar-refractivity contribution is 5.93. The molecule has 5 nitrogen and oxygen atoms in total. The number of methoxy groups -OCH3 is 1. The molecule has 2 aromatic carbocycles. The number of ether oxygens (including phenoxy) is 1. The number of nitrogens with one attached hydrogen (secondary N) is 1. The van der Waals surface area contributed by atoms with Gasteiger partial charge in [0.05, 0.1) is 13.0 Å². The van der Waals surface area contributed by atoms with Crippen LogP contribution < -0.4 is 10.1 Å². The Morgan fingerprint density at radius 1 is 1.17 bits per heavy atom. The first-order chi connectivity index (χ1) is 11.5. The fraction of sp³-hybridized carbons (Fsp3) is 0.263. The van der Waals surface area contributed by atoms with Crippen molar-refractivity contribution in [3.8, 4) is 5.75 Å². The fourth-order valence-corrected chi connectivity index (χ4v) is 2.48. The van der Waals surface area contributed by atoms with Crippen LogP contribution in [0.15, 0.2) is 48.5 Å². The third-order valence-corrected chi connectivity index (χ3v) is 3.72. The molecule has 5 heteroatoms. The third-order valence-electron chi connectivity index (χ3n) is 3.72. The smallest absolute Gasteiger partial charge is 0.307 e. The van der Waals surface area contributed by atoms with Gasteiger partial charge >= 0.3 is 5.97 Å². The molecule has 0 radical (unpaired) electrons. The molecule has 2 aromatic rings. The Hall–Kier alpha value is -2.82. The average Bonchev–Trinajstić information content (AvgIpc) is 2.55. The molecule has 0 bridgehead atoms. The highest BCUT2D eigenvalue weighted by Crippen LogP contribution is 2.18. The molecule has 1 atom stereocenters. The molecule has 0 aliphatic heterocycles. The molecule has 1 amide bonds. The number of aliphatic carboxylic acids is 1. The number of carboxylic acids is 1. The van der Waals surface area contributed by atoms with Crippen LogP contribution in [0, 0.1) is 12.8 Å². The minimum absolute atomic E-state index is 0.0741. The molecule has 0 saturated heterocycles. The molecule has 126 valence electrons. The summed E-state index contributed by atoms with van der Waals surface area (Å²) in [5.41, 5.74) is 2.60. The maximum absolute atomic E-state index is 12.1. The molecule has 1 unspecified atom stereocenters. The highest BCUT2D eigenvalue weighted by atomic mass is 16.5. The number of benzene rings is 2. The van der Waals surface area contributed by atoms with E-state index in [4.69, 9.17) is 4.74 Å². The van der Waals surface area contributed by atoms with Gasteiger partial charge in [-0.25, -0.2) is 0 Å². The zero-order valence-corrected chi connectivity index (χ0v) is 13.8. The maximum Gasteiger partial charge on any atom is 0.307 e. The van der Waals surface area contributed by atoms with E-state index in [-0.39, 0.29) is 12.3 Å². The lowest BCUT2D eigenvalue weighted by atomic mass is 9.95. The summed E-state index contributed by atoms with van der Waals surface area (Å²) in [6.07, 6.45) is 0.252. The standard InChI is InChI=1S/C19H21NO4/c1-13-4-3-5-14(10-13)11-15(19(22)23)12-18(21)20-16-6-8-17(24-2)9-7-16/h3-10,15H,11-12H2,1-2H3,(H,20,21)(H,22,23). The Bertz CT molecular complexity index is 710. The van der Waals surface area contributed by atoms with Gasteiger partial charge in [-0.05, 0) is 43.2 Å². The minimum atomic E-state index is -0.971. The maximum atomic E-state index is 12.1. The summed E-state index contributed by atoms with van der Waals surface area (Å²) in [5, 5.41) is 12.1. The van der Waals surface area contributed by atoms with Crippen molar-refractivity contribution < 1.29 is 19.4 Å². The summed E-state index contributed by atoms with van der Waals surface area (Å²) < 4.78 is 5.06. The van der Waals surface area contributed by atoms with E-state index in [9.17, 15) is 14.7 Å². The van der Waals surface area contributed by atoms with Gasteiger partial charge in [-0.15, -0.1) is 0 Å². The lowest BCUT2D eigenvalue weighted by Gasteiger charge is -2.13. The van der Waals surface area contributed by atoms with Gasteiger partial charge < -0.3 is 15.2 Å². The van der Waals surface area contributed by atoms with Crippen LogP contribution in [-0.4, -0.2) is 24.1 Å². The number of aryl methyl sites for hydroxylation is 1. The van der Waals surface area contributed by atoms with Crippen LogP contribution in [-0.2, 0) is 16.0 Å². The van der Waals surface area contributed by atoms with Crippen LogP contribution in [0.25, 0.3) is 0 Å². The normalized spacial score (nSPS) is 11.6. The minimum Gasteiger partial charge on any atom is -0.497 e. The predicted octanol–water partition coefficient (Wildman–Crippen LogP) is 3.28. The average molecular weight is 327 g/mol. The Morgan fingerprint density at radius 2 is 1.88 bits per heavy atom. The molecule has 0 aliphatic carbocycles. The van der Waals surface area contributed by atoms with Crippen LogP contribution >= 0.6 is 0 Å². The summed E-state index contributed by atoms with van der Waals surface area (Å²) in [4.78, 5) is 23.6. The molecule has 0 saturated carbocycles. The van der Waals surface area contributed by atoms with E-state index < -0.39 is 11.9 Å². The van der Waals surface area contributed by atoms with Crippen LogP contribution in [0.1, 0.15) is 17.5 Å². The summed E-state index contributed by atoms with van der Waals surface area (Å²) >= 11 is 0. The van der Waals surface area contributed by atoms with Gasteiger partial charge in [-0.3, -0.25) is 9.59 Å². The highest BCUT2D eigenvalue weighted by Gasteiger charge is 2.22. The second-order valence-corrected chi connectivity index (χ2v) is 5.71. The Kier molecular flexibility index (Phi) is 5.95. The lowest BCUT2D eigenvalue weighted by Crippen LogP contribution is -2.24. The molecule has 2 N–H and O–H groups in total. The van der Waals surface area contributed by atoms with Gasteiger partial charge in [0.25, 0.3) is 0 Å². The van der Waals surface area contributed by atoms with Crippen molar-refractivity contribution in [3.05, 3.63) is 59.7 Å². The zero-order chi connectivity index (χ0) is 17.5. The number of amides is 1. The van der Waals surface area contributed by atoms with Crippen molar-refractivity contribution in [2.45, 2.75) is 19.8 Å². The van der Waals surface area contributed by atoms with Gasteiger partial charge in [-0.1, -0.05) is 29.8 Å². The second-order valence-electron chi connectivity index (χ2n) is 5.71. The van der Waals surface area contributed by atoms with E-state index in [0.717, 1.165) is 11.1 Å². The van der Waals surface area contributed by atoms with E-state index in [0.29, 0.717) is 17.9 Å². The number of anilines is 1. The summed E-state index contributed by atoms with van der Waals surface area (Å²) in [5.74, 6) is -1.36. The number of hydrogen-bond acceptors (Lipinski definition) is 3. The van der Waals surface area contributed by atoms with Gasteiger partial charge in [0.1, 0.15) is 5.75 Å². The van der Waals surface area contributed by atoms with Gasteiger partial charge in [0.2, 0.25) is 5.91 Å². The Balaban J connectivity index is 1.98. The molecular formula is C19H21NO4. The first kappa shape index (κ1) is 17.5. The molecule has 24 heavy (non-hydrogen) atoms. The fourth-order valence-electron chi connectivity index (χ4n) is 2.48. The first-order valence-electron chi connectivity index (χ1n) is 7.70. The molecule has 2 rings (SSSR count). The predicted molar refractivity (Wildman–Crippen MR) is 92.2 cm³/mol. The van der Waals surface area contributed by atoms with Crippen LogP contribution in [0.2, 0.25) is 0 Å². The van der Waals surface area contributed by atoms with Crippen molar-refractivity contribution in [2.24, 2.45) is 5.92 Å². The van der Waals surface area contributed by atoms with E-state index in [1.807, 2.05) is 31.2 Å². The molecule has 0 aliphatic rings. The number of rotatable bonds is 7. The number of carboxylic acid groups (broad SMARTS) is 1. The molecule has 0 fully saturated rings. The molecular weight excluding hydrogens is 306 g/mol. The van der Waals surface area contributed by atoms with Crippen molar-refractivity contribution in [1.29, 1.82) is 0 Å². The molecule has 0 aromatic heterocycles. The summed E-state index contributed by atoms with van der Waals surface area (Å²) in [7, 11) is 1.57. The SMILES string of the molecule is COc1ccc(NC(=O)CC(Cc2cccc(C)c2)C(=O)O)cc1. The van der Waals surface area contributed by atoms with Crippen LogP contribution in [0.3, 0.4) is 0 Å².